The molecular formula is C23H44N4O6. The van der Waals surface area contributed by atoms with E-state index in [1.807, 2.05) is 10.6 Å². The largest absolute Gasteiger partial charge is 0.464 e. The molecule has 0 aromatic carbocycles. The SMILES string of the molecule is CCCCCCCCCCCCCCCCOC(=O)C(C)O.NC(=O)NC1NC(=O)NC1=O. The van der Waals surface area contributed by atoms with Gasteiger partial charge >= 0.3 is 18.0 Å². The van der Waals surface area contributed by atoms with Gasteiger partial charge in [-0.25, -0.2) is 14.4 Å². The number of rotatable bonds is 17. The summed E-state index contributed by atoms with van der Waals surface area (Å²) in [7, 11) is 0. The lowest BCUT2D eigenvalue weighted by Gasteiger charge is -2.06. The fraction of sp³-hybridized carbons (Fsp3) is 0.826. The Hall–Kier alpha value is -2.36. The van der Waals surface area contributed by atoms with Gasteiger partial charge in [0.25, 0.3) is 5.91 Å². The molecule has 1 saturated heterocycles. The number of esters is 1. The van der Waals surface area contributed by atoms with Crippen LogP contribution in [0.3, 0.4) is 0 Å². The Kier molecular flexibility index (Phi) is 18.8. The number of nitrogens with two attached hydrogens (primary N) is 1. The van der Waals surface area contributed by atoms with Gasteiger partial charge in [0.05, 0.1) is 6.61 Å². The number of carbonyl (C=O) groups excluding carboxylic acids is 4. The van der Waals surface area contributed by atoms with Crippen LogP contribution >= 0.6 is 0 Å². The highest BCUT2D eigenvalue weighted by molar-refractivity contribution is 6.05. The van der Waals surface area contributed by atoms with Gasteiger partial charge in [-0.1, -0.05) is 90.4 Å². The minimum atomic E-state index is -1.04. The topological polar surface area (TPSA) is 160 Å². The molecule has 1 aliphatic heterocycles. The lowest BCUT2D eigenvalue weighted by atomic mass is 10.0. The Morgan fingerprint density at radius 1 is 0.939 bits per heavy atom. The molecule has 6 N–H and O–H groups in total. The van der Waals surface area contributed by atoms with Crippen molar-refractivity contribution in [1.29, 1.82) is 0 Å². The summed E-state index contributed by atoms with van der Waals surface area (Å²) in [6.45, 7) is 4.15. The summed E-state index contributed by atoms with van der Waals surface area (Å²) < 4.78 is 4.92. The first-order chi connectivity index (χ1) is 15.8. The minimum absolute atomic E-state index is 0.446. The smallest absolute Gasteiger partial charge is 0.334 e. The number of unbranched alkanes of at least 4 members (excludes halogenated alkanes) is 13. The summed E-state index contributed by atoms with van der Waals surface area (Å²) in [4.78, 5) is 42.3. The third-order valence-corrected chi connectivity index (χ3v) is 5.14. The van der Waals surface area contributed by atoms with E-state index in [0.29, 0.717) is 6.61 Å². The molecule has 0 aromatic heterocycles. The van der Waals surface area contributed by atoms with Crippen molar-refractivity contribution in [2.24, 2.45) is 5.73 Å². The summed E-state index contributed by atoms with van der Waals surface area (Å²) in [6.07, 6.45) is 16.4. The average molecular weight is 473 g/mol. The standard InChI is InChI=1S/C19H38O3.C4H6N4O3/c1-3-4-5-6-7-8-9-10-11-12-13-14-15-16-17-22-19(21)18(2)20;5-3(10)6-1-2(9)8-4(11)7-1/h18,20H,3-17H2,1-2H3;1H,(H3,5,6,10)(H2,7,8,9,11). The Labute approximate surface area is 197 Å². The van der Waals surface area contributed by atoms with Gasteiger partial charge in [0, 0.05) is 0 Å². The maximum atomic E-state index is 11.0. The summed E-state index contributed by atoms with van der Waals surface area (Å²) in [5.41, 5.74) is 4.70. The number of primary amides is 1. The van der Waals surface area contributed by atoms with Gasteiger partial charge in [-0.3, -0.25) is 10.1 Å². The van der Waals surface area contributed by atoms with Crippen molar-refractivity contribution in [2.75, 3.05) is 6.61 Å². The minimum Gasteiger partial charge on any atom is -0.464 e. The van der Waals surface area contributed by atoms with E-state index in [1.165, 1.54) is 84.0 Å². The second-order valence-electron chi connectivity index (χ2n) is 8.34. The molecule has 1 fully saturated rings. The monoisotopic (exact) mass is 472 g/mol. The lowest BCUT2D eigenvalue weighted by Crippen LogP contribution is -2.48. The van der Waals surface area contributed by atoms with E-state index in [4.69, 9.17) is 15.6 Å². The highest BCUT2D eigenvalue weighted by Crippen LogP contribution is 2.12. The molecule has 0 saturated carbocycles. The molecular weight excluding hydrogens is 428 g/mol. The van der Waals surface area contributed by atoms with Crippen LogP contribution in [0.5, 0.6) is 0 Å². The fourth-order valence-corrected chi connectivity index (χ4v) is 3.25. The van der Waals surface area contributed by atoms with E-state index < -0.39 is 36.2 Å². The maximum Gasteiger partial charge on any atom is 0.334 e. The van der Waals surface area contributed by atoms with Crippen LogP contribution in [0.1, 0.15) is 104 Å². The fourth-order valence-electron chi connectivity index (χ4n) is 3.25. The molecule has 0 aliphatic carbocycles. The van der Waals surface area contributed by atoms with Crippen molar-refractivity contribution in [3.8, 4) is 0 Å². The molecule has 2 atom stereocenters. The molecule has 5 amide bonds. The van der Waals surface area contributed by atoms with Gasteiger partial charge in [-0.05, 0) is 13.3 Å². The third kappa shape index (κ3) is 18.9. The van der Waals surface area contributed by atoms with Crippen LogP contribution in [0.15, 0.2) is 0 Å². The molecule has 33 heavy (non-hydrogen) atoms. The molecule has 0 spiro atoms. The lowest BCUT2D eigenvalue weighted by molar-refractivity contribution is -0.152. The highest BCUT2D eigenvalue weighted by Gasteiger charge is 2.29. The van der Waals surface area contributed by atoms with E-state index >= 15 is 0 Å². The molecule has 0 radical (unpaired) electrons. The first-order valence-corrected chi connectivity index (χ1v) is 12.3. The van der Waals surface area contributed by atoms with Crippen LogP contribution < -0.4 is 21.7 Å². The van der Waals surface area contributed by atoms with Gasteiger partial charge in [0.2, 0.25) is 0 Å². The van der Waals surface area contributed by atoms with Crippen LogP contribution in [0.4, 0.5) is 9.59 Å². The quantitative estimate of drug-likeness (QED) is 0.124. The zero-order chi connectivity index (χ0) is 24.9. The number of hydrogen-bond donors (Lipinski definition) is 5. The van der Waals surface area contributed by atoms with Gasteiger partial charge in [-0.2, -0.15) is 0 Å². The van der Waals surface area contributed by atoms with Gasteiger partial charge < -0.3 is 26.2 Å². The molecule has 1 rings (SSSR count). The molecule has 192 valence electrons. The number of imide groups is 1. The summed E-state index contributed by atoms with van der Waals surface area (Å²) in [6, 6.07) is -1.51. The van der Waals surface area contributed by atoms with Gasteiger partial charge in [0.15, 0.2) is 6.17 Å². The zero-order valence-corrected chi connectivity index (χ0v) is 20.3. The predicted molar refractivity (Wildman–Crippen MR) is 126 cm³/mol. The van der Waals surface area contributed by atoms with Crippen molar-refractivity contribution >= 4 is 23.9 Å². The maximum absolute atomic E-state index is 11.0. The number of hydrogen-bond acceptors (Lipinski definition) is 6. The Morgan fingerprint density at radius 3 is 1.76 bits per heavy atom. The first-order valence-electron chi connectivity index (χ1n) is 12.3. The second-order valence-corrected chi connectivity index (χ2v) is 8.34. The third-order valence-electron chi connectivity index (χ3n) is 5.14. The normalized spacial score (nSPS) is 15.7. The molecule has 10 heteroatoms. The van der Waals surface area contributed by atoms with Crippen LogP contribution in [-0.4, -0.2) is 47.9 Å². The number of aliphatic hydroxyl groups is 1. The Balaban J connectivity index is 0.000000771. The van der Waals surface area contributed by atoms with Crippen LogP contribution in [0.2, 0.25) is 0 Å². The van der Waals surface area contributed by atoms with Crippen molar-refractivity contribution in [3.05, 3.63) is 0 Å². The predicted octanol–water partition coefficient (Wildman–Crippen LogP) is 3.21. The Morgan fingerprint density at radius 2 is 1.39 bits per heavy atom. The summed E-state index contributed by atoms with van der Waals surface area (Å²) in [5.74, 6) is -1.12. The molecule has 1 heterocycles. The van der Waals surface area contributed by atoms with Crippen molar-refractivity contribution < 1.29 is 29.0 Å². The van der Waals surface area contributed by atoms with E-state index in [9.17, 15) is 19.2 Å². The van der Waals surface area contributed by atoms with Gasteiger partial charge in [0.1, 0.15) is 6.10 Å². The highest BCUT2D eigenvalue weighted by atomic mass is 16.5. The van der Waals surface area contributed by atoms with E-state index in [2.05, 4.69) is 12.2 Å². The number of carbonyl (C=O) groups is 4. The molecule has 0 aromatic rings. The van der Waals surface area contributed by atoms with Crippen LogP contribution in [0.25, 0.3) is 0 Å². The first kappa shape index (κ1) is 30.6. The van der Waals surface area contributed by atoms with E-state index in [0.717, 1.165) is 12.8 Å². The molecule has 0 bridgehead atoms. The van der Waals surface area contributed by atoms with E-state index in [1.54, 1.807) is 0 Å². The van der Waals surface area contributed by atoms with Crippen molar-refractivity contribution in [3.63, 3.8) is 0 Å². The molecule has 10 nitrogen and oxygen atoms in total. The number of urea groups is 2. The van der Waals surface area contributed by atoms with E-state index in [-0.39, 0.29) is 0 Å². The second kappa shape index (κ2) is 20.3. The van der Waals surface area contributed by atoms with Crippen molar-refractivity contribution in [1.82, 2.24) is 16.0 Å². The number of aliphatic hydroxyl groups excluding tert-OH is 1. The molecule has 1 aliphatic rings. The number of ether oxygens (including phenoxy) is 1. The summed E-state index contributed by atoms with van der Waals surface area (Å²) in [5, 5.41) is 15.0. The van der Waals surface area contributed by atoms with Crippen LogP contribution in [0, 0.1) is 0 Å². The molecule has 2 unspecified atom stereocenters. The van der Waals surface area contributed by atoms with Gasteiger partial charge in [-0.15, -0.1) is 0 Å². The number of amides is 5. The van der Waals surface area contributed by atoms with Crippen molar-refractivity contribution in [2.45, 2.75) is 116 Å². The summed E-state index contributed by atoms with van der Waals surface area (Å²) >= 11 is 0. The Bertz CT molecular complexity index is 571. The average Bonchev–Trinajstić information content (AvgIpc) is 3.07. The zero-order valence-electron chi connectivity index (χ0n) is 20.3. The van der Waals surface area contributed by atoms with Crippen LogP contribution in [-0.2, 0) is 14.3 Å². The number of nitrogens with one attached hydrogen (secondary N) is 3.